The first-order valence-electron chi connectivity index (χ1n) is 11.3. The van der Waals surface area contributed by atoms with Crippen molar-refractivity contribution in [3.05, 3.63) is 53.8 Å². The highest BCUT2D eigenvalue weighted by molar-refractivity contribution is 7.89. The quantitative estimate of drug-likeness (QED) is 0.556. The number of nitrogens with zero attached hydrogens (tertiary/aromatic N) is 2. The molecule has 1 fully saturated rings. The molecule has 1 heterocycles. The van der Waals surface area contributed by atoms with Crippen LogP contribution in [0.2, 0.25) is 0 Å². The van der Waals surface area contributed by atoms with Gasteiger partial charge in [-0.3, -0.25) is 0 Å². The molecule has 0 radical (unpaired) electrons. The highest BCUT2D eigenvalue weighted by Gasteiger charge is 2.30. The zero-order valence-corrected chi connectivity index (χ0v) is 20.9. The minimum Gasteiger partial charge on any atom is -0.377 e. The maximum Gasteiger partial charge on any atom is 0.319 e. The Labute approximate surface area is 201 Å². The van der Waals surface area contributed by atoms with Gasteiger partial charge in [0.15, 0.2) is 0 Å². The first-order chi connectivity index (χ1) is 16.1. The molecule has 0 spiro atoms. The predicted molar refractivity (Wildman–Crippen MR) is 131 cm³/mol. The summed E-state index contributed by atoms with van der Waals surface area (Å²) < 4.78 is 47.6. The van der Waals surface area contributed by atoms with Gasteiger partial charge in [0.05, 0.1) is 11.0 Å². The Balaban J connectivity index is 1.95. The van der Waals surface area contributed by atoms with Crippen molar-refractivity contribution < 1.29 is 22.3 Å². The number of sulfonamides is 1. The van der Waals surface area contributed by atoms with E-state index in [-0.39, 0.29) is 36.2 Å². The molecular formula is C24H33FN4O4S. The zero-order chi connectivity index (χ0) is 24.9. The van der Waals surface area contributed by atoms with Gasteiger partial charge in [0.2, 0.25) is 10.0 Å². The lowest BCUT2D eigenvalue weighted by atomic mass is 10.1. The number of ether oxygens (including phenoxy) is 1. The SMILES string of the molecule is CC(C)NC(=O)Nc1ccc(N(C)C)c(CN(CC2CCCO2)S(=O)(=O)c2ccc(F)cc2)c1. The third-order valence-electron chi connectivity index (χ3n) is 5.47. The van der Waals surface area contributed by atoms with Crippen LogP contribution >= 0.6 is 0 Å². The van der Waals surface area contributed by atoms with Crippen LogP contribution in [-0.4, -0.2) is 58.1 Å². The van der Waals surface area contributed by atoms with Crippen molar-refractivity contribution in [3.8, 4) is 0 Å². The molecule has 1 unspecified atom stereocenters. The monoisotopic (exact) mass is 492 g/mol. The van der Waals surface area contributed by atoms with Crippen molar-refractivity contribution in [2.45, 2.75) is 50.3 Å². The minimum absolute atomic E-state index is 0.0175. The predicted octanol–water partition coefficient (Wildman–Crippen LogP) is 3.79. The van der Waals surface area contributed by atoms with E-state index in [1.807, 2.05) is 38.9 Å². The van der Waals surface area contributed by atoms with Crippen molar-refractivity contribution >= 4 is 27.4 Å². The molecule has 10 heteroatoms. The van der Waals surface area contributed by atoms with Gasteiger partial charge in [-0.25, -0.2) is 17.6 Å². The molecule has 0 saturated carbocycles. The minimum atomic E-state index is -3.93. The van der Waals surface area contributed by atoms with E-state index in [1.54, 1.807) is 12.1 Å². The smallest absolute Gasteiger partial charge is 0.319 e. The summed E-state index contributed by atoms with van der Waals surface area (Å²) in [6.07, 6.45) is 1.44. The Morgan fingerprint density at radius 2 is 1.88 bits per heavy atom. The molecule has 0 aromatic heterocycles. The van der Waals surface area contributed by atoms with Crippen LogP contribution in [0.4, 0.5) is 20.6 Å². The van der Waals surface area contributed by atoms with Crippen molar-refractivity contribution in [2.24, 2.45) is 0 Å². The second kappa shape index (κ2) is 11.2. The summed E-state index contributed by atoms with van der Waals surface area (Å²) in [6, 6.07) is 9.85. The van der Waals surface area contributed by atoms with E-state index in [4.69, 9.17) is 4.74 Å². The number of amides is 2. The van der Waals surface area contributed by atoms with E-state index in [2.05, 4.69) is 10.6 Å². The number of hydrogen-bond donors (Lipinski definition) is 2. The fourth-order valence-electron chi connectivity index (χ4n) is 3.86. The van der Waals surface area contributed by atoms with E-state index >= 15 is 0 Å². The summed E-state index contributed by atoms with van der Waals surface area (Å²) in [5.41, 5.74) is 2.09. The number of rotatable bonds is 9. The van der Waals surface area contributed by atoms with Gasteiger partial charge in [-0.2, -0.15) is 4.31 Å². The standard InChI is InChI=1S/C24H33FN4O4S/c1-17(2)26-24(30)27-20-9-12-23(28(3)4)18(14-20)15-29(16-21-6-5-13-33-21)34(31,32)22-10-7-19(25)8-11-22/h7-12,14,17,21H,5-6,13,15-16H2,1-4H3,(H2,26,27,30). The molecule has 186 valence electrons. The fraction of sp³-hybridized carbons (Fsp3) is 0.458. The van der Waals surface area contributed by atoms with Gasteiger partial charge in [-0.15, -0.1) is 0 Å². The number of nitrogens with one attached hydrogen (secondary N) is 2. The molecule has 2 aromatic rings. The molecule has 1 saturated heterocycles. The number of urea groups is 1. The zero-order valence-electron chi connectivity index (χ0n) is 20.0. The molecular weight excluding hydrogens is 459 g/mol. The molecule has 1 aliphatic heterocycles. The average molecular weight is 493 g/mol. The summed E-state index contributed by atoms with van der Waals surface area (Å²) in [5, 5.41) is 5.57. The van der Waals surface area contributed by atoms with Crippen molar-refractivity contribution in [1.82, 2.24) is 9.62 Å². The lowest BCUT2D eigenvalue weighted by molar-refractivity contribution is 0.0926. The molecule has 3 rings (SSSR count). The summed E-state index contributed by atoms with van der Waals surface area (Å²) in [6.45, 7) is 4.57. The summed E-state index contributed by atoms with van der Waals surface area (Å²) in [5.74, 6) is -0.502. The van der Waals surface area contributed by atoms with E-state index in [0.29, 0.717) is 12.3 Å². The largest absolute Gasteiger partial charge is 0.377 e. The first kappa shape index (κ1) is 25.9. The van der Waals surface area contributed by atoms with Gasteiger partial charge >= 0.3 is 6.03 Å². The number of halogens is 1. The van der Waals surface area contributed by atoms with Crippen LogP contribution in [0.5, 0.6) is 0 Å². The summed E-state index contributed by atoms with van der Waals surface area (Å²) >= 11 is 0. The first-order valence-corrected chi connectivity index (χ1v) is 12.8. The number of anilines is 2. The Bertz CT molecular complexity index is 1080. The van der Waals surface area contributed by atoms with Crippen LogP contribution in [0.15, 0.2) is 47.4 Å². The lowest BCUT2D eigenvalue weighted by Crippen LogP contribution is -2.37. The van der Waals surface area contributed by atoms with Gasteiger partial charge < -0.3 is 20.3 Å². The maximum atomic E-state index is 13.6. The Hall–Kier alpha value is -2.69. The van der Waals surface area contributed by atoms with Crippen LogP contribution in [-0.2, 0) is 21.3 Å². The van der Waals surface area contributed by atoms with Crippen LogP contribution in [0.1, 0.15) is 32.3 Å². The maximum absolute atomic E-state index is 13.6. The van der Waals surface area contributed by atoms with Crippen LogP contribution < -0.4 is 15.5 Å². The lowest BCUT2D eigenvalue weighted by Gasteiger charge is -2.27. The highest BCUT2D eigenvalue weighted by Crippen LogP contribution is 2.28. The van der Waals surface area contributed by atoms with Crippen molar-refractivity contribution in [2.75, 3.05) is 37.5 Å². The normalized spacial score (nSPS) is 16.1. The Morgan fingerprint density at radius 3 is 2.47 bits per heavy atom. The number of hydrogen-bond acceptors (Lipinski definition) is 5. The van der Waals surface area contributed by atoms with Gasteiger partial charge in [-0.1, -0.05) is 0 Å². The summed E-state index contributed by atoms with van der Waals surface area (Å²) in [7, 11) is -0.187. The van der Waals surface area contributed by atoms with Crippen molar-refractivity contribution in [3.63, 3.8) is 0 Å². The number of carbonyl (C=O) groups excluding carboxylic acids is 1. The molecule has 0 bridgehead atoms. The molecule has 1 atom stereocenters. The van der Waals surface area contributed by atoms with E-state index in [9.17, 15) is 17.6 Å². The average Bonchev–Trinajstić information content (AvgIpc) is 3.26. The molecule has 34 heavy (non-hydrogen) atoms. The van der Waals surface area contributed by atoms with Gasteiger partial charge in [0.25, 0.3) is 0 Å². The molecule has 2 N–H and O–H groups in total. The van der Waals surface area contributed by atoms with E-state index in [0.717, 1.165) is 36.2 Å². The number of carbonyl (C=O) groups is 1. The topological polar surface area (TPSA) is 91.0 Å². The molecule has 1 aliphatic rings. The van der Waals surface area contributed by atoms with Gasteiger partial charge in [0, 0.05) is 51.2 Å². The van der Waals surface area contributed by atoms with E-state index < -0.39 is 15.8 Å². The molecule has 2 aromatic carbocycles. The van der Waals surface area contributed by atoms with Crippen LogP contribution in [0.3, 0.4) is 0 Å². The Kier molecular flexibility index (Phi) is 8.51. The number of benzene rings is 2. The molecule has 0 aliphatic carbocycles. The third-order valence-corrected chi connectivity index (χ3v) is 7.29. The fourth-order valence-corrected chi connectivity index (χ4v) is 5.31. The van der Waals surface area contributed by atoms with Gasteiger partial charge in [-0.05, 0) is 74.7 Å². The Morgan fingerprint density at radius 1 is 1.18 bits per heavy atom. The summed E-state index contributed by atoms with van der Waals surface area (Å²) in [4.78, 5) is 14.1. The molecule has 2 amide bonds. The third kappa shape index (κ3) is 6.68. The highest BCUT2D eigenvalue weighted by atomic mass is 32.2. The van der Waals surface area contributed by atoms with Crippen molar-refractivity contribution in [1.29, 1.82) is 0 Å². The van der Waals surface area contributed by atoms with Gasteiger partial charge in [0.1, 0.15) is 5.82 Å². The van der Waals surface area contributed by atoms with Crippen LogP contribution in [0.25, 0.3) is 0 Å². The second-order valence-electron chi connectivity index (χ2n) is 8.88. The van der Waals surface area contributed by atoms with Crippen LogP contribution in [0, 0.1) is 5.82 Å². The van der Waals surface area contributed by atoms with E-state index in [1.165, 1.54) is 16.4 Å². The molecule has 8 nitrogen and oxygen atoms in total. The second-order valence-corrected chi connectivity index (χ2v) is 10.8.